The van der Waals surface area contributed by atoms with E-state index in [1.165, 1.54) is 0 Å². The molecule has 0 radical (unpaired) electrons. The second-order valence-corrected chi connectivity index (χ2v) is 4.33. The van der Waals surface area contributed by atoms with Crippen LogP contribution in [0.25, 0.3) is 0 Å². The Balaban J connectivity index is 2.40. The lowest BCUT2D eigenvalue weighted by Gasteiger charge is -2.24. The standard InChI is InChI=1S/C11H11BrO2/c1-2-8-6-10(13)9-4-3-7(12)5-11(9)14-8/h3-5,8H,2,6H2,1H3. The molecule has 0 bridgehead atoms. The summed E-state index contributed by atoms with van der Waals surface area (Å²) in [6.45, 7) is 2.03. The van der Waals surface area contributed by atoms with Crippen molar-refractivity contribution in [3.63, 3.8) is 0 Å². The van der Waals surface area contributed by atoms with Crippen LogP contribution in [0.15, 0.2) is 22.7 Å². The van der Waals surface area contributed by atoms with E-state index in [1.807, 2.05) is 25.1 Å². The molecule has 2 nitrogen and oxygen atoms in total. The van der Waals surface area contributed by atoms with Crippen LogP contribution in [0.5, 0.6) is 5.75 Å². The van der Waals surface area contributed by atoms with Gasteiger partial charge in [0, 0.05) is 10.9 Å². The first-order valence-corrected chi connectivity index (χ1v) is 5.49. The number of hydrogen-bond acceptors (Lipinski definition) is 2. The minimum Gasteiger partial charge on any atom is -0.489 e. The summed E-state index contributed by atoms with van der Waals surface area (Å²) in [5.74, 6) is 0.896. The van der Waals surface area contributed by atoms with Gasteiger partial charge in [0.15, 0.2) is 5.78 Å². The van der Waals surface area contributed by atoms with Gasteiger partial charge in [-0.15, -0.1) is 0 Å². The number of fused-ring (bicyclic) bond motifs is 1. The molecule has 0 N–H and O–H groups in total. The van der Waals surface area contributed by atoms with Crippen LogP contribution in [0.3, 0.4) is 0 Å². The fraction of sp³-hybridized carbons (Fsp3) is 0.364. The van der Waals surface area contributed by atoms with Crippen molar-refractivity contribution in [1.82, 2.24) is 0 Å². The summed E-state index contributed by atoms with van der Waals surface area (Å²) in [6, 6.07) is 5.54. The summed E-state index contributed by atoms with van der Waals surface area (Å²) in [4.78, 5) is 11.7. The zero-order chi connectivity index (χ0) is 10.1. The van der Waals surface area contributed by atoms with Crippen LogP contribution < -0.4 is 4.74 Å². The van der Waals surface area contributed by atoms with E-state index in [0.717, 1.165) is 10.9 Å². The van der Waals surface area contributed by atoms with Gasteiger partial charge < -0.3 is 4.74 Å². The van der Waals surface area contributed by atoms with Crippen molar-refractivity contribution in [2.24, 2.45) is 0 Å². The van der Waals surface area contributed by atoms with Gasteiger partial charge in [-0.2, -0.15) is 0 Å². The van der Waals surface area contributed by atoms with Gasteiger partial charge in [0.05, 0.1) is 5.56 Å². The second kappa shape index (κ2) is 3.73. The molecule has 0 saturated heterocycles. The lowest BCUT2D eigenvalue weighted by molar-refractivity contribution is 0.0845. The number of ether oxygens (including phenoxy) is 1. The average Bonchev–Trinajstić information content (AvgIpc) is 2.16. The molecule has 0 amide bonds. The molecule has 1 aromatic carbocycles. The zero-order valence-corrected chi connectivity index (χ0v) is 9.50. The molecule has 14 heavy (non-hydrogen) atoms. The highest BCUT2D eigenvalue weighted by Gasteiger charge is 2.24. The first-order valence-electron chi connectivity index (χ1n) is 4.70. The number of carbonyl (C=O) groups is 1. The molecule has 0 fully saturated rings. The number of carbonyl (C=O) groups excluding carboxylic acids is 1. The van der Waals surface area contributed by atoms with Crippen molar-refractivity contribution in [3.8, 4) is 5.75 Å². The molecular weight excluding hydrogens is 244 g/mol. The molecule has 0 aromatic heterocycles. The molecule has 0 saturated carbocycles. The third kappa shape index (κ3) is 1.69. The van der Waals surface area contributed by atoms with Gasteiger partial charge in [0.25, 0.3) is 0 Å². The number of Topliss-reactive ketones (excluding diaryl/α,β-unsaturated/α-hetero) is 1. The smallest absolute Gasteiger partial charge is 0.170 e. The summed E-state index contributed by atoms with van der Waals surface area (Å²) in [5.41, 5.74) is 0.706. The van der Waals surface area contributed by atoms with Gasteiger partial charge >= 0.3 is 0 Å². The first kappa shape index (κ1) is 9.71. The highest BCUT2D eigenvalue weighted by molar-refractivity contribution is 9.10. The Morgan fingerprint density at radius 1 is 1.57 bits per heavy atom. The van der Waals surface area contributed by atoms with E-state index in [2.05, 4.69) is 15.9 Å². The molecule has 2 rings (SSSR count). The Bertz CT molecular complexity index is 374. The van der Waals surface area contributed by atoms with E-state index >= 15 is 0 Å². The SMILES string of the molecule is CCC1CC(=O)c2ccc(Br)cc2O1. The summed E-state index contributed by atoms with van der Waals surface area (Å²) in [6.07, 6.45) is 1.42. The molecule has 74 valence electrons. The van der Waals surface area contributed by atoms with Gasteiger partial charge in [-0.25, -0.2) is 0 Å². The Morgan fingerprint density at radius 3 is 3.07 bits per heavy atom. The number of rotatable bonds is 1. The van der Waals surface area contributed by atoms with Crippen LogP contribution in [-0.4, -0.2) is 11.9 Å². The third-order valence-corrected chi connectivity index (χ3v) is 2.90. The fourth-order valence-electron chi connectivity index (χ4n) is 1.59. The van der Waals surface area contributed by atoms with E-state index in [-0.39, 0.29) is 11.9 Å². The average molecular weight is 255 g/mol. The van der Waals surface area contributed by atoms with E-state index < -0.39 is 0 Å². The Kier molecular flexibility index (Phi) is 2.59. The van der Waals surface area contributed by atoms with Gasteiger partial charge in [0.1, 0.15) is 11.9 Å². The lowest BCUT2D eigenvalue weighted by atomic mass is 10.00. The normalized spacial score (nSPS) is 20.1. The van der Waals surface area contributed by atoms with E-state index in [0.29, 0.717) is 17.7 Å². The number of benzene rings is 1. The number of ketones is 1. The lowest BCUT2D eigenvalue weighted by Crippen LogP contribution is -2.26. The second-order valence-electron chi connectivity index (χ2n) is 3.42. The van der Waals surface area contributed by atoms with Crippen LogP contribution in [-0.2, 0) is 0 Å². The van der Waals surface area contributed by atoms with Crippen LogP contribution >= 0.6 is 15.9 Å². The molecule has 0 aliphatic carbocycles. The van der Waals surface area contributed by atoms with Crippen molar-refractivity contribution in [2.75, 3.05) is 0 Å². The predicted molar refractivity (Wildman–Crippen MR) is 57.8 cm³/mol. The van der Waals surface area contributed by atoms with Crippen LogP contribution in [0.2, 0.25) is 0 Å². The highest BCUT2D eigenvalue weighted by atomic mass is 79.9. The summed E-state index contributed by atoms with van der Waals surface area (Å²) < 4.78 is 6.63. The van der Waals surface area contributed by atoms with Crippen molar-refractivity contribution < 1.29 is 9.53 Å². The summed E-state index contributed by atoms with van der Waals surface area (Å²) >= 11 is 3.36. The van der Waals surface area contributed by atoms with Crippen molar-refractivity contribution in [1.29, 1.82) is 0 Å². The van der Waals surface area contributed by atoms with Crippen molar-refractivity contribution in [3.05, 3.63) is 28.2 Å². The largest absolute Gasteiger partial charge is 0.489 e. The minimum absolute atomic E-state index is 0.0456. The highest BCUT2D eigenvalue weighted by Crippen LogP contribution is 2.31. The number of hydrogen-bond donors (Lipinski definition) is 0. The van der Waals surface area contributed by atoms with Gasteiger partial charge in [-0.3, -0.25) is 4.79 Å². The van der Waals surface area contributed by atoms with Gasteiger partial charge in [-0.1, -0.05) is 22.9 Å². The zero-order valence-electron chi connectivity index (χ0n) is 7.92. The molecule has 1 aliphatic rings. The molecule has 0 spiro atoms. The van der Waals surface area contributed by atoms with E-state index in [4.69, 9.17) is 4.74 Å². The van der Waals surface area contributed by atoms with Crippen molar-refractivity contribution >= 4 is 21.7 Å². The van der Waals surface area contributed by atoms with Crippen LogP contribution in [0.4, 0.5) is 0 Å². The quantitative estimate of drug-likeness (QED) is 0.770. The van der Waals surface area contributed by atoms with Gasteiger partial charge in [0.2, 0.25) is 0 Å². The first-order chi connectivity index (χ1) is 6.70. The van der Waals surface area contributed by atoms with Crippen molar-refractivity contribution in [2.45, 2.75) is 25.9 Å². The Hall–Kier alpha value is -0.830. The molecule has 1 aromatic rings. The third-order valence-electron chi connectivity index (χ3n) is 2.41. The molecule has 1 heterocycles. The maximum atomic E-state index is 11.7. The van der Waals surface area contributed by atoms with Gasteiger partial charge in [-0.05, 0) is 24.6 Å². The molecular formula is C11H11BrO2. The molecule has 1 unspecified atom stereocenters. The fourth-order valence-corrected chi connectivity index (χ4v) is 1.93. The summed E-state index contributed by atoms with van der Waals surface area (Å²) in [7, 11) is 0. The minimum atomic E-state index is 0.0456. The maximum Gasteiger partial charge on any atom is 0.170 e. The molecule has 1 aliphatic heterocycles. The summed E-state index contributed by atoms with van der Waals surface area (Å²) in [5, 5.41) is 0. The monoisotopic (exact) mass is 254 g/mol. The van der Waals surface area contributed by atoms with E-state index in [9.17, 15) is 4.79 Å². The molecule has 1 atom stereocenters. The van der Waals surface area contributed by atoms with E-state index in [1.54, 1.807) is 0 Å². The number of halogens is 1. The predicted octanol–water partition coefficient (Wildman–Crippen LogP) is 3.19. The maximum absolute atomic E-state index is 11.7. The van der Waals surface area contributed by atoms with Crippen LogP contribution in [0.1, 0.15) is 30.1 Å². The Morgan fingerprint density at radius 2 is 2.36 bits per heavy atom. The topological polar surface area (TPSA) is 26.3 Å². The van der Waals surface area contributed by atoms with Crippen LogP contribution in [0, 0.1) is 0 Å². The Labute approximate surface area is 91.4 Å². The molecule has 3 heteroatoms.